The van der Waals surface area contributed by atoms with Crippen molar-refractivity contribution in [3.63, 3.8) is 0 Å². The minimum absolute atomic E-state index is 0.0281. The van der Waals surface area contributed by atoms with Gasteiger partial charge >= 0.3 is 6.18 Å². The average Bonchev–Trinajstić information content (AvgIpc) is 2.53. The topological polar surface area (TPSA) is 9.23 Å². The molecule has 0 heterocycles. The fourth-order valence-corrected chi connectivity index (χ4v) is 3.56. The van der Waals surface area contributed by atoms with Crippen molar-refractivity contribution in [3.05, 3.63) is 52.9 Å². The van der Waals surface area contributed by atoms with Gasteiger partial charge in [0, 0.05) is 18.9 Å². The first-order valence-electron chi connectivity index (χ1n) is 7.54. The largest absolute Gasteiger partial charge is 0.416 e. The van der Waals surface area contributed by atoms with E-state index >= 15 is 0 Å². The predicted molar refractivity (Wildman–Crippen MR) is 90.5 cm³/mol. The Labute approximate surface area is 147 Å². The summed E-state index contributed by atoms with van der Waals surface area (Å²) in [7, 11) is 1.48. The van der Waals surface area contributed by atoms with Gasteiger partial charge < -0.3 is 4.74 Å². The Hall–Kier alpha value is -1.14. The number of alkyl halides is 4. The fourth-order valence-electron chi connectivity index (χ4n) is 2.83. The van der Waals surface area contributed by atoms with Crippen molar-refractivity contribution in [2.75, 3.05) is 12.4 Å². The van der Waals surface area contributed by atoms with Crippen molar-refractivity contribution in [3.8, 4) is 0 Å². The van der Waals surface area contributed by atoms with Gasteiger partial charge in [0.15, 0.2) is 0 Å². The molecular weight excluding hydrogens is 388 g/mol. The van der Waals surface area contributed by atoms with Crippen LogP contribution in [0.15, 0.2) is 41.7 Å². The Kier molecular flexibility index (Phi) is 5.60. The fraction of sp³-hybridized carbons (Fsp3) is 0.444. The van der Waals surface area contributed by atoms with Crippen LogP contribution in [0.5, 0.6) is 0 Å². The van der Waals surface area contributed by atoms with Gasteiger partial charge in [0.05, 0.1) is 5.56 Å². The smallest absolute Gasteiger partial charge is 0.372 e. The minimum atomic E-state index is -4.39. The van der Waals surface area contributed by atoms with Gasteiger partial charge in [0.2, 0.25) is 0 Å². The number of halogens is 5. The van der Waals surface area contributed by atoms with Gasteiger partial charge in [-0.05, 0) is 40.8 Å². The first-order valence-corrected chi connectivity index (χ1v) is 8.66. The molecule has 1 aliphatic carbocycles. The Bertz CT molecular complexity index is 653. The Balaban J connectivity index is 2.55. The second-order valence-corrected chi connectivity index (χ2v) is 6.72. The highest BCUT2D eigenvalue weighted by molar-refractivity contribution is 9.09. The van der Waals surface area contributed by atoms with Crippen LogP contribution in [0.3, 0.4) is 0 Å². The molecule has 1 atom stereocenters. The number of hydrogen-bond donors (Lipinski definition) is 0. The highest BCUT2D eigenvalue weighted by Gasteiger charge is 2.40. The van der Waals surface area contributed by atoms with Crippen molar-refractivity contribution >= 4 is 21.5 Å². The molecule has 132 valence electrons. The molecule has 0 radical (unpaired) electrons. The van der Waals surface area contributed by atoms with Crippen LogP contribution in [0.1, 0.15) is 31.4 Å². The number of ether oxygens (including phenoxy) is 1. The Morgan fingerprint density at radius 1 is 1.21 bits per heavy atom. The van der Waals surface area contributed by atoms with Crippen LogP contribution in [-0.4, -0.2) is 18.0 Å². The number of methoxy groups -OCH3 is 1. The molecule has 6 heteroatoms. The lowest BCUT2D eigenvalue weighted by Gasteiger charge is -2.37. The minimum Gasteiger partial charge on any atom is -0.372 e. The van der Waals surface area contributed by atoms with Crippen molar-refractivity contribution in [2.45, 2.75) is 32.0 Å². The van der Waals surface area contributed by atoms with Crippen LogP contribution in [0, 0.1) is 5.92 Å². The number of rotatable bonds is 4. The molecule has 1 aromatic rings. The molecule has 1 unspecified atom stereocenters. The monoisotopic (exact) mass is 406 g/mol. The zero-order valence-electron chi connectivity index (χ0n) is 13.7. The summed E-state index contributed by atoms with van der Waals surface area (Å²) in [5, 5.41) is 0.335. The molecule has 2 rings (SSSR count). The molecule has 0 saturated heterocycles. The molecule has 0 aliphatic heterocycles. The van der Waals surface area contributed by atoms with E-state index in [2.05, 4.69) is 15.9 Å². The quantitative estimate of drug-likeness (QED) is 0.430. The van der Waals surface area contributed by atoms with E-state index in [4.69, 9.17) is 4.74 Å². The van der Waals surface area contributed by atoms with Crippen molar-refractivity contribution in [2.24, 2.45) is 5.92 Å². The summed E-state index contributed by atoms with van der Waals surface area (Å²) in [6, 6.07) is 4.89. The molecule has 0 spiro atoms. The van der Waals surface area contributed by atoms with Crippen molar-refractivity contribution in [1.29, 1.82) is 0 Å². The van der Waals surface area contributed by atoms with E-state index in [1.165, 1.54) is 19.2 Å². The lowest BCUT2D eigenvalue weighted by molar-refractivity contribution is -0.137. The van der Waals surface area contributed by atoms with Gasteiger partial charge in [-0.1, -0.05) is 41.9 Å². The molecule has 0 bridgehead atoms. The number of hydrogen-bond acceptors (Lipinski definition) is 1. The van der Waals surface area contributed by atoms with Crippen LogP contribution < -0.4 is 0 Å². The lowest BCUT2D eigenvalue weighted by Crippen LogP contribution is -2.37. The van der Waals surface area contributed by atoms with Gasteiger partial charge in [-0.2, -0.15) is 13.2 Å². The van der Waals surface area contributed by atoms with E-state index in [0.717, 1.165) is 12.1 Å². The van der Waals surface area contributed by atoms with E-state index in [9.17, 15) is 17.6 Å². The van der Waals surface area contributed by atoms with E-state index in [1.807, 2.05) is 13.8 Å². The van der Waals surface area contributed by atoms with Crippen LogP contribution in [0.4, 0.5) is 17.6 Å². The zero-order valence-corrected chi connectivity index (χ0v) is 15.3. The summed E-state index contributed by atoms with van der Waals surface area (Å²) in [5.41, 5.74) is 0.173. The molecular formula is C18H19BrF4O. The maximum absolute atomic E-state index is 14.5. The lowest BCUT2D eigenvalue weighted by atomic mass is 9.78. The Morgan fingerprint density at radius 2 is 1.79 bits per heavy atom. The molecule has 1 aromatic carbocycles. The predicted octanol–water partition coefficient (Wildman–Crippen LogP) is 6.15. The van der Waals surface area contributed by atoms with E-state index in [0.29, 0.717) is 22.0 Å². The van der Waals surface area contributed by atoms with Gasteiger partial charge in [0.25, 0.3) is 0 Å². The molecule has 24 heavy (non-hydrogen) atoms. The zero-order chi connectivity index (χ0) is 18.1. The molecule has 0 aromatic heterocycles. The second kappa shape index (κ2) is 7.00. The average molecular weight is 407 g/mol. The van der Waals surface area contributed by atoms with Gasteiger partial charge in [-0.15, -0.1) is 0 Å². The highest BCUT2D eigenvalue weighted by atomic mass is 79.9. The normalized spacial score (nSPS) is 22.1. The standard InChI is InChI=1S/C18H19BrF4O/c1-11(2)14-8-15(17(10-19,24-3)9-16(14)20)12-4-6-13(7-5-12)18(21,22)23/h4-8,11H,9-10H2,1-3H3. The third-order valence-corrected chi connectivity index (χ3v) is 5.20. The molecule has 0 saturated carbocycles. The van der Waals surface area contributed by atoms with Crippen LogP contribution >= 0.6 is 15.9 Å². The summed E-state index contributed by atoms with van der Waals surface area (Å²) in [6.45, 7) is 3.76. The number of benzene rings is 1. The maximum Gasteiger partial charge on any atom is 0.416 e. The summed E-state index contributed by atoms with van der Waals surface area (Å²) < 4.78 is 58.3. The van der Waals surface area contributed by atoms with E-state index < -0.39 is 17.3 Å². The van der Waals surface area contributed by atoms with E-state index in [-0.39, 0.29) is 18.2 Å². The molecule has 0 N–H and O–H groups in total. The molecule has 1 nitrogen and oxygen atoms in total. The first-order chi connectivity index (χ1) is 11.1. The summed E-state index contributed by atoms with van der Waals surface area (Å²) in [6.07, 6.45) is -2.63. The maximum atomic E-state index is 14.5. The van der Waals surface area contributed by atoms with Crippen molar-refractivity contribution < 1.29 is 22.3 Å². The summed E-state index contributed by atoms with van der Waals surface area (Å²) in [5.74, 6) is -0.276. The first kappa shape index (κ1) is 19.2. The summed E-state index contributed by atoms with van der Waals surface area (Å²) >= 11 is 3.36. The van der Waals surface area contributed by atoms with E-state index in [1.54, 1.807) is 6.08 Å². The third kappa shape index (κ3) is 3.59. The molecule has 0 amide bonds. The summed E-state index contributed by atoms with van der Waals surface area (Å²) in [4.78, 5) is 0. The highest BCUT2D eigenvalue weighted by Crippen LogP contribution is 2.44. The second-order valence-electron chi connectivity index (χ2n) is 6.16. The van der Waals surface area contributed by atoms with Crippen LogP contribution in [0.2, 0.25) is 0 Å². The SMILES string of the molecule is COC1(CBr)CC(F)=C(C(C)C)C=C1c1ccc(C(F)(F)F)cc1. The van der Waals surface area contributed by atoms with Gasteiger partial charge in [-0.3, -0.25) is 0 Å². The van der Waals surface area contributed by atoms with Gasteiger partial charge in [-0.25, -0.2) is 4.39 Å². The van der Waals surface area contributed by atoms with Gasteiger partial charge in [0.1, 0.15) is 11.4 Å². The number of allylic oxidation sites excluding steroid dienone is 2. The van der Waals surface area contributed by atoms with Crippen LogP contribution in [0.25, 0.3) is 5.57 Å². The van der Waals surface area contributed by atoms with Crippen molar-refractivity contribution in [1.82, 2.24) is 0 Å². The molecule has 0 fully saturated rings. The van der Waals surface area contributed by atoms with Crippen LogP contribution in [-0.2, 0) is 10.9 Å². The Morgan fingerprint density at radius 3 is 2.21 bits per heavy atom. The molecule has 1 aliphatic rings. The third-order valence-electron chi connectivity index (χ3n) is 4.30.